The number of aliphatic hydroxyl groups excluding tert-OH is 1. The summed E-state index contributed by atoms with van der Waals surface area (Å²) in [5.41, 5.74) is 6.00. The second-order valence-electron chi connectivity index (χ2n) is 8.87. The predicted molar refractivity (Wildman–Crippen MR) is 116 cm³/mol. The van der Waals surface area contributed by atoms with Gasteiger partial charge >= 0.3 is 0 Å². The summed E-state index contributed by atoms with van der Waals surface area (Å²) in [6.45, 7) is 11.0. The summed E-state index contributed by atoms with van der Waals surface area (Å²) in [4.78, 5) is 21.0. The Labute approximate surface area is 167 Å². The number of aliphatic imine (C=N–C) groups is 1. The molecule has 1 fully saturated rings. The highest BCUT2D eigenvalue weighted by Crippen LogP contribution is 2.36. The van der Waals surface area contributed by atoms with Crippen molar-refractivity contribution in [2.45, 2.75) is 66.7 Å². The lowest BCUT2D eigenvalue weighted by molar-refractivity contribution is -0.117. The molecule has 1 heterocycles. The molecule has 1 aliphatic rings. The van der Waals surface area contributed by atoms with Crippen molar-refractivity contribution in [1.82, 2.24) is 4.98 Å². The molecule has 28 heavy (non-hydrogen) atoms. The number of hydrogen-bond donors (Lipinski definition) is 2. The number of hydrogen-bond acceptors (Lipinski definition) is 3. The van der Waals surface area contributed by atoms with Gasteiger partial charge < -0.3 is 10.1 Å². The van der Waals surface area contributed by atoms with E-state index in [1.54, 1.807) is 0 Å². The van der Waals surface area contributed by atoms with Gasteiger partial charge in [-0.3, -0.25) is 9.79 Å². The first-order valence-electron chi connectivity index (χ1n) is 10.3. The molecule has 4 nitrogen and oxygen atoms in total. The van der Waals surface area contributed by atoms with Crippen molar-refractivity contribution in [2.24, 2.45) is 10.4 Å². The second kappa shape index (κ2) is 7.94. The van der Waals surface area contributed by atoms with Crippen molar-refractivity contribution < 1.29 is 9.90 Å². The molecule has 4 heteroatoms. The Morgan fingerprint density at radius 2 is 2.00 bits per heavy atom. The Morgan fingerprint density at radius 1 is 1.25 bits per heavy atom. The molecule has 150 valence electrons. The van der Waals surface area contributed by atoms with Crippen molar-refractivity contribution in [2.75, 3.05) is 6.54 Å². The molecule has 0 spiro atoms. The van der Waals surface area contributed by atoms with E-state index < -0.39 is 0 Å². The Kier molecular flexibility index (Phi) is 5.78. The number of aliphatic hydroxyl groups is 1. The van der Waals surface area contributed by atoms with Gasteiger partial charge in [0.15, 0.2) is 5.78 Å². The highest BCUT2D eigenvalue weighted by atomic mass is 16.3. The molecule has 0 bridgehead atoms. The van der Waals surface area contributed by atoms with Gasteiger partial charge in [-0.15, -0.1) is 0 Å². The number of rotatable bonds is 5. The maximum absolute atomic E-state index is 12.7. The van der Waals surface area contributed by atoms with Crippen LogP contribution in [0.25, 0.3) is 10.9 Å². The Balaban J connectivity index is 1.89. The smallest absolute Gasteiger partial charge is 0.168 e. The molecule has 0 amide bonds. The number of aryl methyl sites for hydroxylation is 2. The summed E-state index contributed by atoms with van der Waals surface area (Å²) >= 11 is 0. The average Bonchev–Trinajstić information content (AvgIpc) is 2.89. The molecule has 3 rings (SSSR count). The molecule has 0 saturated heterocycles. The molecule has 0 unspecified atom stereocenters. The largest absolute Gasteiger partial charge is 0.511 e. The number of H-pyrrole nitrogens is 1. The number of fused-ring (bicyclic) bond motifs is 1. The summed E-state index contributed by atoms with van der Waals surface area (Å²) in [7, 11) is 0. The molecule has 2 aromatic rings. The van der Waals surface area contributed by atoms with E-state index in [4.69, 9.17) is 4.99 Å². The Bertz CT molecular complexity index is 960. The van der Waals surface area contributed by atoms with Gasteiger partial charge in [0.05, 0.1) is 5.57 Å². The van der Waals surface area contributed by atoms with Crippen LogP contribution in [0.3, 0.4) is 0 Å². The number of aromatic amines is 1. The normalized spacial score (nSPS) is 20.2. The molecule has 0 radical (unpaired) electrons. The second-order valence-corrected chi connectivity index (χ2v) is 8.87. The SMILES string of the molecule is CCCC(O)=C1C(=O)CC(C)(C)CC1=NCCc1c(C)[nH]c2ccc(C)cc12. The first-order valence-corrected chi connectivity index (χ1v) is 10.3. The van der Waals surface area contributed by atoms with Crippen LogP contribution in [0.5, 0.6) is 0 Å². The highest BCUT2D eigenvalue weighted by molar-refractivity contribution is 6.24. The molecular weight excluding hydrogens is 348 g/mol. The van der Waals surface area contributed by atoms with Gasteiger partial charge in [0.2, 0.25) is 0 Å². The van der Waals surface area contributed by atoms with Crippen molar-refractivity contribution >= 4 is 22.4 Å². The molecule has 1 saturated carbocycles. The third-order valence-electron chi connectivity index (χ3n) is 5.57. The fourth-order valence-electron chi connectivity index (χ4n) is 4.23. The lowest BCUT2D eigenvalue weighted by atomic mass is 9.73. The van der Waals surface area contributed by atoms with Crippen LogP contribution in [-0.4, -0.2) is 28.1 Å². The fourth-order valence-corrected chi connectivity index (χ4v) is 4.23. The summed E-state index contributed by atoms with van der Waals surface area (Å²) in [5.74, 6) is 0.237. The van der Waals surface area contributed by atoms with E-state index in [-0.39, 0.29) is 17.0 Å². The standard InChI is InChI=1S/C24H32N2O2/c1-6-7-21(27)23-20(13-24(4,5)14-22(23)28)25-11-10-17-16(3)26-19-9-8-15(2)12-18(17)19/h8-9,12,26-27H,6-7,10-11,13-14H2,1-5H3. The number of nitrogens with one attached hydrogen (secondary N) is 1. The maximum atomic E-state index is 12.7. The fraction of sp³-hybridized carbons (Fsp3) is 0.500. The molecule has 1 aliphatic carbocycles. The van der Waals surface area contributed by atoms with Crippen molar-refractivity contribution in [3.8, 4) is 0 Å². The van der Waals surface area contributed by atoms with Crippen molar-refractivity contribution in [1.29, 1.82) is 0 Å². The van der Waals surface area contributed by atoms with Gasteiger partial charge in [-0.1, -0.05) is 32.4 Å². The maximum Gasteiger partial charge on any atom is 0.168 e. The first-order chi connectivity index (χ1) is 13.2. The minimum Gasteiger partial charge on any atom is -0.511 e. The topological polar surface area (TPSA) is 65.4 Å². The number of aromatic nitrogens is 1. The van der Waals surface area contributed by atoms with Crippen LogP contribution >= 0.6 is 0 Å². The van der Waals surface area contributed by atoms with E-state index in [2.05, 4.69) is 50.9 Å². The first kappa shape index (κ1) is 20.4. The van der Waals surface area contributed by atoms with Gasteiger partial charge in [0, 0.05) is 41.7 Å². The molecule has 1 aromatic carbocycles. The van der Waals surface area contributed by atoms with Crippen LogP contribution in [0.4, 0.5) is 0 Å². The summed E-state index contributed by atoms with van der Waals surface area (Å²) in [6.07, 6.45) is 3.35. The number of ketones is 1. The van der Waals surface area contributed by atoms with Gasteiger partial charge in [-0.25, -0.2) is 0 Å². The zero-order valence-electron chi connectivity index (χ0n) is 17.8. The summed E-state index contributed by atoms with van der Waals surface area (Å²) < 4.78 is 0. The monoisotopic (exact) mass is 380 g/mol. The van der Waals surface area contributed by atoms with Crippen LogP contribution < -0.4 is 0 Å². The summed E-state index contributed by atoms with van der Waals surface area (Å²) in [6, 6.07) is 6.46. The van der Waals surface area contributed by atoms with Crippen LogP contribution in [-0.2, 0) is 11.2 Å². The molecular formula is C24H32N2O2. The van der Waals surface area contributed by atoms with E-state index in [1.165, 1.54) is 22.2 Å². The Hall–Kier alpha value is -2.36. The number of allylic oxidation sites excluding steroid dienone is 2. The summed E-state index contributed by atoms with van der Waals surface area (Å²) in [5, 5.41) is 11.7. The molecule has 2 N–H and O–H groups in total. The van der Waals surface area contributed by atoms with Crippen molar-refractivity contribution in [3.63, 3.8) is 0 Å². The van der Waals surface area contributed by atoms with Gasteiger partial charge in [-0.05, 0) is 56.2 Å². The zero-order valence-corrected chi connectivity index (χ0v) is 17.8. The molecule has 0 atom stereocenters. The average molecular weight is 381 g/mol. The number of benzene rings is 1. The number of carbonyl (C=O) groups is 1. The minimum atomic E-state index is -0.111. The van der Waals surface area contributed by atoms with Crippen molar-refractivity contribution in [3.05, 3.63) is 46.4 Å². The number of carbonyl (C=O) groups excluding carboxylic acids is 1. The van der Waals surface area contributed by atoms with Gasteiger partial charge in [0.25, 0.3) is 0 Å². The third kappa shape index (κ3) is 4.21. The Morgan fingerprint density at radius 3 is 2.71 bits per heavy atom. The van der Waals surface area contributed by atoms with E-state index in [0.29, 0.717) is 25.0 Å². The highest BCUT2D eigenvalue weighted by Gasteiger charge is 2.35. The van der Waals surface area contributed by atoms with E-state index in [1.807, 2.05) is 6.92 Å². The number of nitrogens with zero attached hydrogens (tertiary/aromatic N) is 1. The zero-order chi connectivity index (χ0) is 20.5. The third-order valence-corrected chi connectivity index (χ3v) is 5.57. The van der Waals surface area contributed by atoms with Gasteiger partial charge in [-0.2, -0.15) is 0 Å². The van der Waals surface area contributed by atoms with Gasteiger partial charge in [0.1, 0.15) is 5.76 Å². The van der Waals surface area contributed by atoms with Crippen LogP contribution in [0.15, 0.2) is 34.5 Å². The molecule has 1 aromatic heterocycles. The lowest BCUT2D eigenvalue weighted by Crippen LogP contribution is -2.33. The van der Waals surface area contributed by atoms with E-state index in [0.717, 1.165) is 30.5 Å². The quantitative estimate of drug-likeness (QED) is 0.511. The number of Topliss-reactive ketones (excluding diaryl/α,β-unsaturated/α-hetero) is 1. The van der Waals surface area contributed by atoms with E-state index >= 15 is 0 Å². The van der Waals surface area contributed by atoms with Crippen LogP contribution in [0, 0.1) is 19.3 Å². The lowest BCUT2D eigenvalue weighted by Gasteiger charge is -2.31. The molecule has 0 aliphatic heterocycles. The predicted octanol–water partition coefficient (Wildman–Crippen LogP) is 5.77. The van der Waals surface area contributed by atoms with E-state index in [9.17, 15) is 9.90 Å². The van der Waals surface area contributed by atoms with Crippen LogP contribution in [0.2, 0.25) is 0 Å². The minimum absolute atomic E-state index is 0.0276. The van der Waals surface area contributed by atoms with Crippen LogP contribution in [0.1, 0.15) is 63.3 Å².